The van der Waals surface area contributed by atoms with Gasteiger partial charge in [-0.3, -0.25) is 24.1 Å². The molecule has 0 bridgehead atoms. The molecule has 0 aliphatic carbocycles. The van der Waals surface area contributed by atoms with Crippen molar-refractivity contribution in [3.05, 3.63) is 94.7 Å². The van der Waals surface area contributed by atoms with Gasteiger partial charge in [-0.25, -0.2) is 18.4 Å². The summed E-state index contributed by atoms with van der Waals surface area (Å²) in [4.78, 5) is 77.0. The number of aromatic nitrogens is 3. The number of likely N-dealkylation sites (tertiary alicyclic amines) is 1. The van der Waals surface area contributed by atoms with Crippen LogP contribution in [0, 0.1) is 12.3 Å². The van der Waals surface area contributed by atoms with Crippen LogP contribution in [-0.4, -0.2) is 149 Å². The second kappa shape index (κ2) is 28.5. The van der Waals surface area contributed by atoms with Crippen molar-refractivity contribution in [1.29, 1.82) is 0 Å². The number of hydrogen-bond acceptors (Lipinski definition) is 16. The molecule has 2 aromatic heterocycles. The van der Waals surface area contributed by atoms with E-state index in [4.69, 9.17) is 16.3 Å². The summed E-state index contributed by atoms with van der Waals surface area (Å²) in [5, 5.41) is 22.5. The number of aliphatic hydroxyl groups excluding tert-OH is 1. The van der Waals surface area contributed by atoms with Crippen LogP contribution in [0.15, 0.2) is 83.3 Å². The van der Waals surface area contributed by atoms with Crippen LogP contribution in [0.4, 0.5) is 28.8 Å². The molecule has 4 amide bonds. The Labute approximate surface area is 498 Å². The number of carbonyl (C=O) groups excluding carboxylic acids is 4. The van der Waals surface area contributed by atoms with Gasteiger partial charge in [0.1, 0.15) is 22.9 Å². The van der Waals surface area contributed by atoms with Gasteiger partial charge < -0.3 is 45.8 Å². The van der Waals surface area contributed by atoms with Crippen molar-refractivity contribution in [3.63, 3.8) is 0 Å². The van der Waals surface area contributed by atoms with Crippen molar-refractivity contribution in [2.45, 2.75) is 153 Å². The van der Waals surface area contributed by atoms with E-state index in [1.807, 2.05) is 80.6 Å². The number of ether oxygens (including phenoxy) is 1. The van der Waals surface area contributed by atoms with Crippen LogP contribution in [0.5, 0.6) is 5.75 Å². The summed E-state index contributed by atoms with van der Waals surface area (Å²) in [5.41, 5.74) is 6.19. The number of anilines is 5. The molecule has 0 unspecified atom stereocenters. The van der Waals surface area contributed by atoms with Gasteiger partial charge in [0.2, 0.25) is 29.6 Å². The molecular formula is C61H82ClN11O8S2. The van der Waals surface area contributed by atoms with E-state index in [1.165, 1.54) is 11.1 Å². The van der Waals surface area contributed by atoms with Crippen molar-refractivity contribution < 1.29 is 37.4 Å². The predicted octanol–water partition coefficient (Wildman–Crippen LogP) is 9.28. The number of β-amino-alcohol motifs (C(OH)–C–C–N with tert-alkyl or cyclic N) is 1. The number of nitrogens with one attached hydrogen (secondary N) is 4. The van der Waals surface area contributed by atoms with Crippen LogP contribution in [0.3, 0.4) is 0 Å². The summed E-state index contributed by atoms with van der Waals surface area (Å²) in [6.07, 6.45) is 8.79. The molecule has 0 saturated carbocycles. The summed E-state index contributed by atoms with van der Waals surface area (Å²) in [5.74, 6) is 0.401. The molecular weight excluding hydrogens is 1110 g/mol. The lowest BCUT2D eigenvalue weighted by Gasteiger charge is -2.43. The van der Waals surface area contributed by atoms with E-state index in [0.29, 0.717) is 36.0 Å². The van der Waals surface area contributed by atoms with Gasteiger partial charge in [0.05, 0.1) is 57.0 Å². The number of nitrogens with zero attached hydrogens (tertiary/aromatic N) is 7. The van der Waals surface area contributed by atoms with E-state index < -0.39 is 38.7 Å². The molecule has 3 aliphatic rings. The number of aliphatic hydroxyl groups is 1. The fourth-order valence-electron chi connectivity index (χ4n) is 11.1. The van der Waals surface area contributed by atoms with Gasteiger partial charge in [-0.15, -0.1) is 11.3 Å². The summed E-state index contributed by atoms with van der Waals surface area (Å²) in [6.45, 7) is 16.2. The first kappa shape index (κ1) is 62.7. The Balaban J connectivity index is 0.698. The zero-order chi connectivity index (χ0) is 59.4. The van der Waals surface area contributed by atoms with Gasteiger partial charge in [0, 0.05) is 89.4 Å². The van der Waals surface area contributed by atoms with E-state index in [-0.39, 0.29) is 71.2 Å². The highest BCUT2D eigenvalue weighted by Gasteiger charge is 2.44. The highest BCUT2D eigenvalue weighted by molar-refractivity contribution is 7.92. The molecule has 19 nitrogen and oxygen atoms in total. The highest BCUT2D eigenvalue weighted by atomic mass is 35.5. The normalized spacial score (nSPS) is 17.6. The molecule has 3 aromatic carbocycles. The second-order valence-corrected chi connectivity index (χ2v) is 27.0. The molecule has 5 aromatic rings. The van der Waals surface area contributed by atoms with Crippen LogP contribution < -0.4 is 30.9 Å². The minimum atomic E-state index is -3.58. The third-order valence-corrected chi connectivity index (χ3v) is 19.5. The number of hydrogen-bond donors (Lipinski definition) is 5. The average Bonchev–Trinajstić information content (AvgIpc) is 4.29. The minimum Gasteiger partial charge on any atom is -0.494 e. The number of piperidine rings is 1. The molecule has 3 fully saturated rings. The smallest absolute Gasteiger partial charge is 0.246 e. The topological polar surface area (TPSA) is 232 Å². The van der Waals surface area contributed by atoms with Crippen LogP contribution in [0.2, 0.25) is 5.02 Å². The van der Waals surface area contributed by atoms with Gasteiger partial charge in [0.25, 0.3) is 0 Å². The third-order valence-electron chi connectivity index (χ3n) is 16.0. The van der Waals surface area contributed by atoms with Crippen LogP contribution in [0.1, 0.15) is 117 Å². The summed E-state index contributed by atoms with van der Waals surface area (Å²) in [6, 6.07) is 19.3. The number of amides is 4. The van der Waals surface area contributed by atoms with Gasteiger partial charge in [-0.1, -0.05) is 94.5 Å². The Hall–Kier alpha value is -6.39. The molecule has 83 heavy (non-hydrogen) atoms. The second-order valence-electron chi connectivity index (χ2n) is 23.3. The molecule has 0 spiro atoms. The number of benzene rings is 3. The molecule has 8 rings (SSSR count). The van der Waals surface area contributed by atoms with Crippen molar-refractivity contribution in [2.24, 2.45) is 5.41 Å². The van der Waals surface area contributed by atoms with Gasteiger partial charge in [-0.05, 0) is 87.3 Å². The number of methoxy groups -OCH3 is 1. The predicted molar refractivity (Wildman–Crippen MR) is 327 cm³/mol. The van der Waals surface area contributed by atoms with E-state index in [9.17, 15) is 32.7 Å². The monoisotopic (exact) mass is 1200 g/mol. The highest BCUT2D eigenvalue weighted by Crippen LogP contribution is 2.36. The number of para-hydroxylation sites is 1. The molecule has 448 valence electrons. The number of carbonyl (C=O) groups is 4. The Kier molecular flexibility index (Phi) is 21.5. The number of thiazole rings is 1. The molecule has 5 heterocycles. The molecule has 3 atom stereocenters. The fraction of sp³-hybridized carbons (Fsp3) is 0.525. The number of aryl methyl sites for hydroxylation is 1. The maximum absolute atomic E-state index is 14.1. The molecule has 5 N–H and O–H groups in total. The number of piperazine rings is 1. The van der Waals surface area contributed by atoms with Gasteiger partial charge in [-0.2, -0.15) is 4.98 Å². The number of unbranched alkanes of at least 4 members (excludes halogenated alkanes) is 5. The van der Waals surface area contributed by atoms with Crippen molar-refractivity contribution in [2.75, 3.05) is 68.5 Å². The van der Waals surface area contributed by atoms with E-state index in [1.54, 1.807) is 56.6 Å². The first-order chi connectivity index (χ1) is 39.7. The summed E-state index contributed by atoms with van der Waals surface area (Å²) >= 11 is 8.06. The Bertz CT molecular complexity index is 3140. The number of sulfone groups is 1. The first-order valence-corrected chi connectivity index (χ1v) is 31.9. The van der Waals surface area contributed by atoms with Crippen LogP contribution >= 0.6 is 22.9 Å². The quantitative estimate of drug-likeness (QED) is 0.0363. The van der Waals surface area contributed by atoms with Crippen LogP contribution in [-0.2, 0) is 35.6 Å². The van der Waals surface area contributed by atoms with Gasteiger partial charge in [0.15, 0.2) is 15.7 Å². The van der Waals surface area contributed by atoms with Crippen molar-refractivity contribution in [3.8, 4) is 16.2 Å². The third kappa shape index (κ3) is 16.3. The standard InChI is InChI=1S/C61H82ClN11O8S2/c1-40(2)83(79,80)52-17-15-14-16-49(52)66-57-47(62)37-64-60(69-57)67-48-25-24-45(34-51(48)81-7)70-28-26-44(27-29-70)71-30-32-72(33-31-71)54(76)19-13-11-9-8-10-12-18-53(75)68-56(61(4,5)6)59(78)73-38-46(74)35-50(73)58(77)63-36-42-20-22-43(23-21-42)55-41(3)65-39-82-55/h14-17,20-25,34,37,39-40,44,46,50,56,74H,8-13,18-19,26-33,35-36,38H2,1-7H3,(H,63,77)(H,68,75)(H2,64,66,67,69)/t46-,50+,56-/m1/s1. The van der Waals surface area contributed by atoms with E-state index in [0.717, 1.165) is 112 Å². The number of halogens is 1. The van der Waals surface area contributed by atoms with E-state index >= 15 is 0 Å². The Morgan fingerprint density at radius 3 is 2.20 bits per heavy atom. The van der Waals surface area contributed by atoms with E-state index in [2.05, 4.69) is 46.0 Å². The Morgan fingerprint density at radius 1 is 0.855 bits per heavy atom. The molecule has 3 saturated heterocycles. The fourth-order valence-corrected chi connectivity index (χ4v) is 13.2. The summed E-state index contributed by atoms with van der Waals surface area (Å²) < 4.78 is 32.0. The average molecular weight is 1200 g/mol. The molecule has 3 aliphatic heterocycles. The maximum atomic E-state index is 14.1. The largest absolute Gasteiger partial charge is 0.494 e. The molecule has 0 radical (unpaired) electrons. The zero-order valence-corrected chi connectivity index (χ0v) is 51.3. The Morgan fingerprint density at radius 2 is 1.54 bits per heavy atom. The lowest BCUT2D eigenvalue weighted by Crippen LogP contribution is -2.57. The minimum absolute atomic E-state index is 0.0195. The maximum Gasteiger partial charge on any atom is 0.246 e. The lowest BCUT2D eigenvalue weighted by molar-refractivity contribution is -0.144. The number of rotatable bonds is 24. The summed E-state index contributed by atoms with van der Waals surface area (Å²) in [7, 11) is -1.96. The first-order valence-electron chi connectivity index (χ1n) is 29.1. The van der Waals surface area contributed by atoms with Crippen LogP contribution in [0.25, 0.3) is 10.4 Å². The zero-order valence-electron chi connectivity index (χ0n) is 49.0. The van der Waals surface area contributed by atoms with Crippen molar-refractivity contribution >= 4 is 85.2 Å². The lowest BCUT2D eigenvalue weighted by atomic mass is 9.85. The molecule has 22 heteroatoms. The SMILES string of the molecule is COc1cc(N2CCC(N3CCN(C(=O)CCCCCCCCC(=O)N[C@H](C(=O)N4C[C@H](O)C[C@H]4C(=O)NCc4ccc(-c5scnc5C)cc4)C(C)(C)C)CC3)CC2)ccc1Nc1ncc(Cl)c(Nc2ccccc2S(=O)(=O)C(C)C)n1. The van der Waals surface area contributed by atoms with Gasteiger partial charge >= 0.3 is 0 Å². The van der Waals surface area contributed by atoms with Crippen molar-refractivity contribution in [1.82, 2.24) is 40.3 Å².